The summed E-state index contributed by atoms with van der Waals surface area (Å²) in [7, 11) is 1.97. The minimum atomic E-state index is 0.755. The molecule has 4 nitrogen and oxygen atoms in total. The Kier molecular flexibility index (Phi) is 3.61. The minimum Gasteiger partial charge on any atom is -0.269 e. The summed E-state index contributed by atoms with van der Waals surface area (Å²) in [5.41, 5.74) is 5.90. The summed E-state index contributed by atoms with van der Waals surface area (Å²) in [5, 5.41) is 9.04. The van der Waals surface area contributed by atoms with Crippen molar-refractivity contribution in [1.29, 1.82) is 0 Å². The van der Waals surface area contributed by atoms with Gasteiger partial charge in [-0.3, -0.25) is 9.36 Å². The lowest BCUT2D eigenvalue weighted by Crippen LogP contribution is -2.09. The highest BCUT2D eigenvalue weighted by Gasteiger charge is 2.15. The molecule has 0 bridgehead atoms. The van der Waals surface area contributed by atoms with E-state index in [-0.39, 0.29) is 0 Å². The predicted molar refractivity (Wildman–Crippen MR) is 75.8 cm³/mol. The molecular weight excluding hydrogens is 292 g/mol. The monoisotopic (exact) mass is 310 g/mol. The Morgan fingerprint density at radius 3 is 2.22 bits per heavy atom. The van der Waals surface area contributed by atoms with E-state index in [1.165, 1.54) is 11.3 Å². The van der Waals surface area contributed by atoms with Crippen molar-refractivity contribution < 1.29 is 0 Å². The summed E-state index contributed by atoms with van der Waals surface area (Å²) in [6, 6.07) is 0. The predicted octanol–water partition coefficient (Wildman–Crippen LogP) is 2.92. The fraction of sp³-hybridized carbons (Fsp3) is 0.538. The summed E-state index contributed by atoms with van der Waals surface area (Å²) in [5.74, 6) is 0. The van der Waals surface area contributed by atoms with E-state index in [1.807, 2.05) is 18.7 Å². The second-order valence-corrected chi connectivity index (χ2v) is 5.42. The van der Waals surface area contributed by atoms with Crippen LogP contribution in [0.25, 0.3) is 0 Å². The SMILES string of the molecule is CCc1c(C)nn(Cc2c(Br)c(C)nn2C)c1C. The maximum Gasteiger partial charge on any atom is 0.0842 e. The van der Waals surface area contributed by atoms with Crippen LogP contribution in [-0.4, -0.2) is 19.6 Å². The van der Waals surface area contributed by atoms with Gasteiger partial charge in [0.05, 0.1) is 28.1 Å². The van der Waals surface area contributed by atoms with Crippen molar-refractivity contribution in [2.24, 2.45) is 7.05 Å². The Morgan fingerprint density at radius 1 is 1.11 bits per heavy atom. The zero-order valence-electron chi connectivity index (χ0n) is 11.6. The van der Waals surface area contributed by atoms with Gasteiger partial charge in [-0.2, -0.15) is 10.2 Å². The lowest BCUT2D eigenvalue weighted by atomic mass is 10.1. The number of hydrogen-bond donors (Lipinski definition) is 0. The molecule has 0 aliphatic carbocycles. The van der Waals surface area contributed by atoms with E-state index < -0.39 is 0 Å². The number of aromatic nitrogens is 4. The van der Waals surface area contributed by atoms with Gasteiger partial charge in [-0.15, -0.1) is 0 Å². The van der Waals surface area contributed by atoms with Crippen LogP contribution in [0.1, 0.15) is 35.3 Å². The van der Waals surface area contributed by atoms with Gasteiger partial charge in [0.2, 0.25) is 0 Å². The first-order valence-electron chi connectivity index (χ1n) is 6.16. The van der Waals surface area contributed by atoms with E-state index in [0.717, 1.165) is 34.5 Å². The molecule has 2 aromatic rings. The van der Waals surface area contributed by atoms with Gasteiger partial charge in [0.15, 0.2) is 0 Å². The molecule has 5 heteroatoms. The normalized spacial score (nSPS) is 11.2. The molecule has 0 saturated carbocycles. The molecule has 0 amide bonds. The van der Waals surface area contributed by atoms with Crippen LogP contribution in [0.15, 0.2) is 4.47 Å². The van der Waals surface area contributed by atoms with Crippen LogP contribution >= 0.6 is 15.9 Å². The highest BCUT2D eigenvalue weighted by atomic mass is 79.9. The van der Waals surface area contributed by atoms with Crippen molar-refractivity contribution in [1.82, 2.24) is 19.6 Å². The van der Waals surface area contributed by atoms with E-state index in [0.29, 0.717) is 0 Å². The van der Waals surface area contributed by atoms with Gasteiger partial charge in [-0.1, -0.05) is 6.92 Å². The molecular formula is C13H19BrN4. The average Bonchev–Trinajstić information content (AvgIpc) is 2.71. The maximum absolute atomic E-state index is 4.62. The molecule has 0 saturated heterocycles. The molecule has 18 heavy (non-hydrogen) atoms. The molecule has 0 aliphatic rings. The molecule has 2 rings (SSSR count). The summed E-state index contributed by atoms with van der Waals surface area (Å²) in [6.45, 7) is 9.14. The Hall–Kier alpha value is -1.10. The molecule has 0 fully saturated rings. The summed E-state index contributed by atoms with van der Waals surface area (Å²) < 4.78 is 5.06. The number of halogens is 1. The zero-order chi connectivity index (χ0) is 13.4. The molecule has 0 unspecified atom stereocenters. The number of rotatable bonds is 3. The molecule has 0 atom stereocenters. The van der Waals surface area contributed by atoms with Crippen molar-refractivity contribution in [2.75, 3.05) is 0 Å². The molecule has 98 valence electrons. The van der Waals surface area contributed by atoms with Gasteiger partial charge in [0.25, 0.3) is 0 Å². The highest BCUT2D eigenvalue weighted by molar-refractivity contribution is 9.10. The van der Waals surface area contributed by atoms with Crippen LogP contribution in [0.3, 0.4) is 0 Å². The van der Waals surface area contributed by atoms with Crippen molar-refractivity contribution in [3.05, 3.63) is 32.8 Å². The first kappa shape index (κ1) is 13.3. The lowest BCUT2D eigenvalue weighted by Gasteiger charge is -2.06. The van der Waals surface area contributed by atoms with E-state index in [4.69, 9.17) is 0 Å². The Morgan fingerprint density at radius 2 is 1.78 bits per heavy atom. The molecule has 0 spiro atoms. The van der Waals surface area contributed by atoms with Gasteiger partial charge in [-0.25, -0.2) is 0 Å². The zero-order valence-corrected chi connectivity index (χ0v) is 13.2. The second-order valence-electron chi connectivity index (χ2n) is 4.63. The number of hydrogen-bond acceptors (Lipinski definition) is 2. The van der Waals surface area contributed by atoms with Crippen LogP contribution in [0.5, 0.6) is 0 Å². The number of nitrogens with zero attached hydrogens (tertiary/aromatic N) is 4. The summed E-state index contributed by atoms with van der Waals surface area (Å²) in [4.78, 5) is 0. The van der Waals surface area contributed by atoms with Gasteiger partial charge < -0.3 is 0 Å². The second kappa shape index (κ2) is 4.88. The van der Waals surface area contributed by atoms with Gasteiger partial charge in [-0.05, 0) is 48.7 Å². The van der Waals surface area contributed by atoms with Gasteiger partial charge >= 0.3 is 0 Å². The quantitative estimate of drug-likeness (QED) is 0.874. The highest BCUT2D eigenvalue weighted by Crippen LogP contribution is 2.22. The third kappa shape index (κ3) is 2.11. The standard InChI is InChI=1S/C13H19BrN4/c1-6-11-8(2)16-18(10(11)4)7-12-13(14)9(3)15-17(12)5/h6-7H2,1-5H3. The molecule has 2 aromatic heterocycles. The average molecular weight is 311 g/mol. The summed E-state index contributed by atoms with van der Waals surface area (Å²) >= 11 is 3.60. The minimum absolute atomic E-state index is 0.755. The third-order valence-electron chi connectivity index (χ3n) is 3.45. The van der Waals surface area contributed by atoms with Crippen LogP contribution in [0.2, 0.25) is 0 Å². The molecule has 2 heterocycles. The Labute approximate surface area is 116 Å². The van der Waals surface area contributed by atoms with Crippen LogP contribution < -0.4 is 0 Å². The van der Waals surface area contributed by atoms with Crippen LogP contribution in [0.4, 0.5) is 0 Å². The first-order valence-corrected chi connectivity index (χ1v) is 6.95. The van der Waals surface area contributed by atoms with Crippen molar-refractivity contribution in [2.45, 2.75) is 40.7 Å². The fourth-order valence-electron chi connectivity index (χ4n) is 2.39. The van der Waals surface area contributed by atoms with Crippen LogP contribution in [0, 0.1) is 20.8 Å². The van der Waals surface area contributed by atoms with Gasteiger partial charge in [0, 0.05) is 12.7 Å². The maximum atomic E-state index is 4.62. The smallest absolute Gasteiger partial charge is 0.0842 e. The summed E-state index contributed by atoms with van der Waals surface area (Å²) in [6.07, 6.45) is 1.03. The van der Waals surface area contributed by atoms with E-state index in [1.54, 1.807) is 0 Å². The van der Waals surface area contributed by atoms with Crippen molar-refractivity contribution >= 4 is 15.9 Å². The fourth-order valence-corrected chi connectivity index (χ4v) is 2.85. The lowest BCUT2D eigenvalue weighted by molar-refractivity contribution is 0.601. The molecule has 0 aliphatic heterocycles. The molecule has 0 aromatic carbocycles. The Balaban J connectivity index is 2.40. The van der Waals surface area contributed by atoms with Crippen molar-refractivity contribution in [3.8, 4) is 0 Å². The molecule has 0 N–H and O–H groups in total. The number of aryl methyl sites for hydroxylation is 3. The van der Waals surface area contributed by atoms with Crippen molar-refractivity contribution in [3.63, 3.8) is 0 Å². The largest absolute Gasteiger partial charge is 0.269 e. The van der Waals surface area contributed by atoms with Gasteiger partial charge in [0.1, 0.15) is 0 Å². The van der Waals surface area contributed by atoms with E-state index in [9.17, 15) is 0 Å². The van der Waals surface area contributed by atoms with Crippen LogP contribution in [-0.2, 0) is 20.0 Å². The first-order chi connectivity index (χ1) is 8.45. The molecule has 0 radical (unpaired) electrons. The Bertz CT molecular complexity index is 580. The van der Waals surface area contributed by atoms with E-state index >= 15 is 0 Å². The topological polar surface area (TPSA) is 35.6 Å². The van der Waals surface area contributed by atoms with E-state index in [2.05, 4.69) is 51.6 Å². The third-order valence-corrected chi connectivity index (χ3v) is 4.48.